The Bertz CT molecular complexity index is 910. The Balaban J connectivity index is 3.30. The molecule has 0 spiro atoms. The van der Waals surface area contributed by atoms with Gasteiger partial charge in [0.1, 0.15) is 0 Å². The number of Topliss-reactive ketones (excluding diaryl/α,β-unsaturated/α-hetero) is 1. The van der Waals surface area contributed by atoms with Gasteiger partial charge in [0.2, 0.25) is 0 Å². The topological polar surface area (TPSA) is 98.8 Å². The quantitative estimate of drug-likeness (QED) is 0.269. The number of benzene rings is 1. The lowest BCUT2D eigenvalue weighted by atomic mass is 10.0. The van der Waals surface area contributed by atoms with Crippen LogP contribution in [-0.4, -0.2) is 56.7 Å². The summed E-state index contributed by atoms with van der Waals surface area (Å²) in [5.41, 5.74) is 0.0633. The third kappa shape index (κ3) is 6.35. The Kier molecular flexibility index (Phi) is 8.72. The van der Waals surface area contributed by atoms with E-state index in [0.29, 0.717) is 0 Å². The number of nitrogens with one attached hydrogen (secondary N) is 1. The van der Waals surface area contributed by atoms with Crippen molar-refractivity contribution in [3.8, 4) is 0 Å². The van der Waals surface area contributed by atoms with E-state index < -0.39 is 64.7 Å². The monoisotopic (exact) mass is 501 g/mol. The number of hydrogen-bond acceptors (Lipinski definition) is 6. The zero-order chi connectivity index (χ0) is 25.0. The smallest absolute Gasteiger partial charge is 0.448 e. The van der Waals surface area contributed by atoms with Gasteiger partial charge in [-0.05, 0) is 18.9 Å². The highest BCUT2D eigenvalue weighted by molar-refractivity contribution is 7.90. The van der Waals surface area contributed by atoms with Crippen LogP contribution in [0.5, 0.6) is 0 Å². The largest absolute Gasteiger partial charge is 0.460 e. The second-order valence-corrected chi connectivity index (χ2v) is 7.70. The second-order valence-electron chi connectivity index (χ2n) is 5.95. The van der Waals surface area contributed by atoms with E-state index in [1.54, 1.807) is 0 Å². The molecule has 0 fully saturated rings. The number of alkyl halides is 8. The molecule has 1 N–H and O–H groups in total. The van der Waals surface area contributed by atoms with Gasteiger partial charge in [-0.15, -0.1) is 0 Å². The molecule has 1 unspecified atom stereocenters. The molecule has 0 aliphatic heterocycles. The molecule has 0 bridgehead atoms. The zero-order valence-electron chi connectivity index (χ0n) is 15.8. The summed E-state index contributed by atoms with van der Waals surface area (Å²) < 4.78 is 135. The number of rotatable bonds is 12. The van der Waals surface area contributed by atoms with Crippen molar-refractivity contribution in [2.75, 3.05) is 6.61 Å². The third-order valence-corrected chi connectivity index (χ3v) is 5.08. The number of carbonyl (C=O) groups excluding carboxylic acids is 2. The van der Waals surface area contributed by atoms with Crippen LogP contribution in [0.3, 0.4) is 0 Å². The van der Waals surface area contributed by atoms with Crippen LogP contribution in [0, 0.1) is 0 Å². The van der Waals surface area contributed by atoms with Gasteiger partial charge in [0, 0.05) is 0 Å². The van der Waals surface area contributed by atoms with Crippen molar-refractivity contribution in [2.24, 2.45) is 0 Å². The summed E-state index contributed by atoms with van der Waals surface area (Å²) in [6, 6.07) is 4.24. The lowest BCUT2D eigenvalue weighted by Crippen LogP contribution is -2.59. The molecule has 0 aliphatic rings. The first-order valence-corrected chi connectivity index (χ1v) is 9.85. The average Bonchev–Trinajstić information content (AvgIpc) is 2.66. The second kappa shape index (κ2) is 10.1. The molecular weight excluding hydrogens is 486 g/mol. The molecule has 0 saturated carbocycles. The Hall–Kier alpha value is -2.33. The lowest BCUT2D eigenvalue weighted by molar-refractivity contribution is -0.435. The number of hydrogen-bond donors (Lipinski definition) is 1. The van der Waals surface area contributed by atoms with Gasteiger partial charge in [-0.3, -0.25) is 4.79 Å². The van der Waals surface area contributed by atoms with E-state index in [0.717, 1.165) is 4.72 Å². The van der Waals surface area contributed by atoms with E-state index in [1.807, 2.05) is 0 Å². The molecule has 32 heavy (non-hydrogen) atoms. The minimum Gasteiger partial charge on any atom is -0.460 e. The molecule has 1 atom stereocenters. The molecule has 1 aromatic rings. The summed E-state index contributed by atoms with van der Waals surface area (Å²) in [4.78, 5) is 23.7. The Labute approximate surface area is 175 Å². The maximum absolute atomic E-state index is 14.0. The molecule has 7 nitrogen and oxygen atoms in total. The standard InChI is InChI=1S/C16H15F8NO6S/c1-2-30-12(27)11(26)10(8-9-6-4-3-5-7-9)25-32(28,29)16(23,24)15(21,22)31-14(19,20)13(17)18/h3-7,10,13,25H,2,8H2,1H3. The van der Waals surface area contributed by atoms with Gasteiger partial charge in [-0.2, -0.15) is 31.1 Å². The molecule has 1 aromatic carbocycles. The summed E-state index contributed by atoms with van der Waals surface area (Å²) in [7, 11) is -6.79. The molecule has 1 rings (SSSR count). The van der Waals surface area contributed by atoms with Crippen LogP contribution in [0.25, 0.3) is 0 Å². The molecule has 0 aromatic heterocycles. The van der Waals surface area contributed by atoms with Crippen LogP contribution < -0.4 is 4.72 Å². The van der Waals surface area contributed by atoms with E-state index >= 15 is 0 Å². The summed E-state index contributed by atoms with van der Waals surface area (Å²) in [5.74, 6) is -3.50. The number of sulfonamides is 1. The van der Waals surface area contributed by atoms with E-state index in [9.17, 15) is 53.1 Å². The van der Waals surface area contributed by atoms with Crippen LogP contribution in [0.4, 0.5) is 35.1 Å². The van der Waals surface area contributed by atoms with Crippen LogP contribution >= 0.6 is 0 Å². The highest BCUT2D eigenvalue weighted by Gasteiger charge is 2.71. The third-order valence-electron chi connectivity index (χ3n) is 3.57. The summed E-state index contributed by atoms with van der Waals surface area (Å²) in [6.07, 6.45) is -18.7. The minimum atomic E-state index is -6.79. The van der Waals surface area contributed by atoms with E-state index in [1.165, 1.54) is 37.3 Å². The van der Waals surface area contributed by atoms with E-state index in [4.69, 9.17) is 0 Å². The maximum atomic E-state index is 14.0. The first-order valence-electron chi connectivity index (χ1n) is 8.37. The lowest BCUT2D eigenvalue weighted by Gasteiger charge is -2.29. The van der Waals surface area contributed by atoms with Crippen molar-refractivity contribution in [1.82, 2.24) is 4.72 Å². The van der Waals surface area contributed by atoms with Gasteiger partial charge in [0.05, 0.1) is 12.6 Å². The molecule has 0 amide bonds. The van der Waals surface area contributed by atoms with Gasteiger partial charge in [0.25, 0.3) is 15.8 Å². The highest BCUT2D eigenvalue weighted by Crippen LogP contribution is 2.44. The average molecular weight is 501 g/mol. The first kappa shape index (κ1) is 27.7. The Morgan fingerprint density at radius 3 is 2.03 bits per heavy atom. The van der Waals surface area contributed by atoms with Crippen LogP contribution in [-0.2, 0) is 35.5 Å². The van der Waals surface area contributed by atoms with Crippen LogP contribution in [0.1, 0.15) is 12.5 Å². The van der Waals surface area contributed by atoms with Crippen molar-refractivity contribution in [1.29, 1.82) is 0 Å². The van der Waals surface area contributed by atoms with Gasteiger partial charge in [-0.1, -0.05) is 30.3 Å². The Morgan fingerprint density at radius 2 is 1.56 bits per heavy atom. The van der Waals surface area contributed by atoms with Crippen molar-refractivity contribution in [3.05, 3.63) is 35.9 Å². The number of carbonyl (C=O) groups is 2. The van der Waals surface area contributed by atoms with Crippen LogP contribution in [0.2, 0.25) is 0 Å². The Morgan fingerprint density at radius 1 is 1.03 bits per heavy atom. The van der Waals surface area contributed by atoms with E-state index in [2.05, 4.69) is 9.47 Å². The van der Waals surface area contributed by atoms with Crippen molar-refractivity contribution in [3.63, 3.8) is 0 Å². The van der Waals surface area contributed by atoms with Crippen molar-refractivity contribution >= 4 is 21.8 Å². The van der Waals surface area contributed by atoms with Gasteiger partial charge < -0.3 is 4.74 Å². The van der Waals surface area contributed by atoms with Gasteiger partial charge >= 0.3 is 29.9 Å². The molecule has 0 aliphatic carbocycles. The summed E-state index contributed by atoms with van der Waals surface area (Å²) in [6.45, 7) is 0.830. The van der Waals surface area contributed by atoms with Gasteiger partial charge in [0.15, 0.2) is 0 Å². The van der Waals surface area contributed by atoms with E-state index in [-0.39, 0.29) is 5.56 Å². The molecule has 0 saturated heterocycles. The maximum Gasteiger partial charge on any atom is 0.448 e. The van der Waals surface area contributed by atoms with Crippen molar-refractivity contribution in [2.45, 2.75) is 43.3 Å². The molecular formula is C16H15F8NO6S. The number of ether oxygens (including phenoxy) is 2. The first-order chi connectivity index (χ1) is 14.5. The fourth-order valence-corrected chi connectivity index (χ4v) is 3.14. The van der Waals surface area contributed by atoms with Gasteiger partial charge in [-0.25, -0.2) is 26.7 Å². The summed E-state index contributed by atoms with van der Waals surface area (Å²) in [5, 5.41) is -6.58. The summed E-state index contributed by atoms with van der Waals surface area (Å²) >= 11 is 0. The normalized spacial score (nSPS) is 14.3. The SMILES string of the molecule is CCOC(=O)C(=O)C(Cc1ccccc1)NS(=O)(=O)C(F)(F)C(F)(F)OC(F)(F)C(F)F. The zero-order valence-corrected chi connectivity index (χ0v) is 16.7. The highest BCUT2D eigenvalue weighted by atomic mass is 32.2. The minimum absolute atomic E-state index is 0.0633. The number of halogens is 8. The number of esters is 1. The number of ketones is 1. The molecule has 16 heteroatoms. The molecule has 0 radical (unpaired) electrons. The predicted octanol–water partition coefficient (Wildman–Crippen LogP) is 2.71. The molecule has 182 valence electrons. The van der Waals surface area contributed by atoms with Crippen LogP contribution in [0.15, 0.2) is 30.3 Å². The van der Waals surface area contributed by atoms with Crippen molar-refractivity contribution < 1.29 is 62.6 Å². The predicted molar refractivity (Wildman–Crippen MR) is 89.6 cm³/mol. The fourth-order valence-electron chi connectivity index (χ4n) is 2.07. The molecule has 0 heterocycles. The fraction of sp³-hybridized carbons (Fsp3) is 0.500.